The van der Waals surface area contributed by atoms with Crippen molar-refractivity contribution < 1.29 is 9.23 Å². The van der Waals surface area contributed by atoms with Crippen LogP contribution in [0.4, 0.5) is 4.39 Å². The maximum atomic E-state index is 12.8. The average molecular weight is 224 g/mol. The van der Waals surface area contributed by atoms with Crippen molar-refractivity contribution in [2.45, 2.75) is 18.9 Å². The number of benzene rings is 1. The van der Waals surface area contributed by atoms with Crippen LogP contribution in [0, 0.1) is 5.82 Å². The molecule has 1 saturated heterocycles. The Hall–Kier alpha value is -0.970. The SMILES string of the molecule is NCC(c1ccc(F)cc1)N1CCCCO1. The van der Waals surface area contributed by atoms with Crippen LogP contribution in [0.1, 0.15) is 24.4 Å². The zero-order valence-electron chi connectivity index (χ0n) is 9.23. The number of nitrogens with zero attached hydrogens (tertiary/aromatic N) is 1. The first kappa shape index (κ1) is 11.5. The first-order valence-corrected chi connectivity index (χ1v) is 5.66. The summed E-state index contributed by atoms with van der Waals surface area (Å²) >= 11 is 0. The largest absolute Gasteiger partial charge is 0.329 e. The van der Waals surface area contributed by atoms with Gasteiger partial charge in [-0.25, -0.2) is 4.39 Å². The Morgan fingerprint density at radius 1 is 1.31 bits per heavy atom. The second-order valence-electron chi connectivity index (χ2n) is 3.98. The molecule has 1 heterocycles. The van der Waals surface area contributed by atoms with Crippen molar-refractivity contribution in [3.8, 4) is 0 Å². The number of hydrogen-bond acceptors (Lipinski definition) is 3. The average Bonchev–Trinajstić information content (AvgIpc) is 2.34. The lowest BCUT2D eigenvalue weighted by molar-refractivity contribution is -0.206. The number of nitrogens with two attached hydrogens (primary N) is 1. The smallest absolute Gasteiger partial charge is 0.123 e. The Morgan fingerprint density at radius 3 is 2.62 bits per heavy atom. The fraction of sp³-hybridized carbons (Fsp3) is 0.500. The van der Waals surface area contributed by atoms with Crippen molar-refractivity contribution in [1.29, 1.82) is 0 Å². The summed E-state index contributed by atoms with van der Waals surface area (Å²) in [6.07, 6.45) is 2.22. The van der Waals surface area contributed by atoms with Gasteiger partial charge in [0.25, 0.3) is 0 Å². The highest BCUT2D eigenvalue weighted by atomic mass is 19.1. The first-order valence-electron chi connectivity index (χ1n) is 5.66. The van der Waals surface area contributed by atoms with Crippen molar-refractivity contribution in [3.63, 3.8) is 0 Å². The highest BCUT2D eigenvalue weighted by molar-refractivity contribution is 5.20. The van der Waals surface area contributed by atoms with Gasteiger partial charge in [-0.15, -0.1) is 0 Å². The second-order valence-corrected chi connectivity index (χ2v) is 3.98. The van der Waals surface area contributed by atoms with Crippen molar-refractivity contribution in [1.82, 2.24) is 5.06 Å². The van der Waals surface area contributed by atoms with Crippen LogP contribution in [-0.2, 0) is 4.84 Å². The van der Waals surface area contributed by atoms with Gasteiger partial charge in [-0.1, -0.05) is 12.1 Å². The number of hydrogen-bond donors (Lipinski definition) is 1. The summed E-state index contributed by atoms with van der Waals surface area (Å²) in [5, 5.41) is 1.91. The molecule has 0 spiro atoms. The first-order chi connectivity index (χ1) is 7.81. The van der Waals surface area contributed by atoms with E-state index in [0.717, 1.165) is 31.6 Å². The summed E-state index contributed by atoms with van der Waals surface area (Å²) in [7, 11) is 0. The highest BCUT2D eigenvalue weighted by Crippen LogP contribution is 2.23. The molecule has 1 aliphatic rings. The predicted molar refractivity (Wildman–Crippen MR) is 60.1 cm³/mol. The molecule has 1 unspecified atom stereocenters. The Morgan fingerprint density at radius 2 is 2.06 bits per heavy atom. The second kappa shape index (κ2) is 5.39. The van der Waals surface area contributed by atoms with E-state index in [-0.39, 0.29) is 11.9 Å². The van der Waals surface area contributed by atoms with Gasteiger partial charge in [0, 0.05) is 13.1 Å². The minimum atomic E-state index is -0.223. The van der Waals surface area contributed by atoms with Crippen LogP contribution >= 0.6 is 0 Å². The zero-order valence-corrected chi connectivity index (χ0v) is 9.23. The molecule has 16 heavy (non-hydrogen) atoms. The Kier molecular flexibility index (Phi) is 3.88. The number of rotatable bonds is 3. The van der Waals surface area contributed by atoms with E-state index in [0.29, 0.717) is 6.54 Å². The zero-order chi connectivity index (χ0) is 11.4. The maximum Gasteiger partial charge on any atom is 0.123 e. The van der Waals surface area contributed by atoms with Gasteiger partial charge in [0.15, 0.2) is 0 Å². The minimum absolute atomic E-state index is 0.0286. The van der Waals surface area contributed by atoms with Gasteiger partial charge in [-0.05, 0) is 30.5 Å². The summed E-state index contributed by atoms with van der Waals surface area (Å²) in [5.74, 6) is -0.223. The molecule has 3 nitrogen and oxygen atoms in total. The lowest BCUT2D eigenvalue weighted by Gasteiger charge is -2.33. The molecule has 0 amide bonds. The molecular weight excluding hydrogens is 207 g/mol. The lowest BCUT2D eigenvalue weighted by atomic mass is 10.1. The molecule has 2 N–H and O–H groups in total. The third-order valence-corrected chi connectivity index (χ3v) is 2.86. The minimum Gasteiger partial charge on any atom is -0.329 e. The number of hydroxylamine groups is 2. The van der Waals surface area contributed by atoms with Crippen LogP contribution in [0.5, 0.6) is 0 Å². The maximum absolute atomic E-state index is 12.8. The van der Waals surface area contributed by atoms with Crippen LogP contribution in [0.2, 0.25) is 0 Å². The van der Waals surface area contributed by atoms with Gasteiger partial charge in [0.05, 0.1) is 12.6 Å². The van der Waals surface area contributed by atoms with Crippen LogP contribution in [-0.4, -0.2) is 24.8 Å². The quantitative estimate of drug-likeness (QED) is 0.851. The van der Waals surface area contributed by atoms with Gasteiger partial charge < -0.3 is 5.73 Å². The molecule has 0 radical (unpaired) electrons. The van der Waals surface area contributed by atoms with E-state index in [1.165, 1.54) is 12.1 Å². The summed E-state index contributed by atoms with van der Waals surface area (Å²) in [5.41, 5.74) is 6.76. The lowest BCUT2D eigenvalue weighted by Crippen LogP contribution is -2.37. The molecule has 1 aromatic rings. The highest BCUT2D eigenvalue weighted by Gasteiger charge is 2.21. The number of halogens is 1. The van der Waals surface area contributed by atoms with Crippen molar-refractivity contribution in [2.75, 3.05) is 19.7 Å². The monoisotopic (exact) mass is 224 g/mol. The molecule has 1 aromatic carbocycles. The van der Waals surface area contributed by atoms with E-state index in [9.17, 15) is 4.39 Å². The third kappa shape index (κ3) is 2.58. The molecule has 0 aromatic heterocycles. The van der Waals surface area contributed by atoms with Crippen molar-refractivity contribution in [2.24, 2.45) is 5.73 Å². The Labute approximate surface area is 94.9 Å². The van der Waals surface area contributed by atoms with Crippen LogP contribution in [0.3, 0.4) is 0 Å². The predicted octanol–water partition coefficient (Wildman–Crippen LogP) is 1.85. The van der Waals surface area contributed by atoms with Crippen molar-refractivity contribution in [3.05, 3.63) is 35.6 Å². The van der Waals surface area contributed by atoms with E-state index < -0.39 is 0 Å². The standard InChI is InChI=1S/C12H17FN2O/c13-11-5-3-10(4-6-11)12(9-14)15-7-1-2-8-16-15/h3-6,12H,1-2,7-9,14H2. The van der Waals surface area contributed by atoms with E-state index >= 15 is 0 Å². The Balaban J connectivity index is 2.11. The van der Waals surface area contributed by atoms with E-state index in [1.54, 1.807) is 12.1 Å². The molecule has 88 valence electrons. The van der Waals surface area contributed by atoms with Crippen LogP contribution in [0.15, 0.2) is 24.3 Å². The summed E-state index contributed by atoms with van der Waals surface area (Å²) in [6.45, 7) is 2.11. The van der Waals surface area contributed by atoms with Gasteiger partial charge in [0.1, 0.15) is 5.82 Å². The fourth-order valence-corrected chi connectivity index (χ4v) is 1.97. The molecular formula is C12H17FN2O. The van der Waals surface area contributed by atoms with E-state index in [2.05, 4.69) is 0 Å². The van der Waals surface area contributed by atoms with Crippen LogP contribution < -0.4 is 5.73 Å². The summed E-state index contributed by atoms with van der Waals surface area (Å²) in [6, 6.07) is 6.49. The molecule has 1 atom stereocenters. The molecule has 1 fully saturated rings. The van der Waals surface area contributed by atoms with E-state index in [4.69, 9.17) is 10.6 Å². The molecule has 1 aliphatic heterocycles. The topological polar surface area (TPSA) is 38.5 Å². The summed E-state index contributed by atoms with van der Waals surface area (Å²) < 4.78 is 12.8. The molecule has 4 heteroatoms. The molecule has 0 aliphatic carbocycles. The fourth-order valence-electron chi connectivity index (χ4n) is 1.97. The normalized spacial score (nSPS) is 19.6. The van der Waals surface area contributed by atoms with E-state index in [1.807, 2.05) is 5.06 Å². The molecule has 2 rings (SSSR count). The van der Waals surface area contributed by atoms with Gasteiger partial charge in [-0.3, -0.25) is 4.84 Å². The van der Waals surface area contributed by atoms with Crippen LogP contribution in [0.25, 0.3) is 0 Å². The molecule has 0 bridgehead atoms. The van der Waals surface area contributed by atoms with Crippen molar-refractivity contribution >= 4 is 0 Å². The van der Waals surface area contributed by atoms with Gasteiger partial charge in [0.2, 0.25) is 0 Å². The summed E-state index contributed by atoms with van der Waals surface area (Å²) in [4.78, 5) is 5.58. The molecule has 0 saturated carbocycles. The van der Waals surface area contributed by atoms with Gasteiger partial charge >= 0.3 is 0 Å². The Bertz CT molecular complexity index is 322. The third-order valence-electron chi connectivity index (χ3n) is 2.86. The van der Waals surface area contributed by atoms with Gasteiger partial charge in [-0.2, -0.15) is 5.06 Å².